The molecule has 0 fully saturated rings. The van der Waals surface area contributed by atoms with E-state index in [4.69, 9.17) is 26.2 Å². The van der Waals surface area contributed by atoms with Crippen LogP contribution in [0.3, 0.4) is 0 Å². The zero-order chi connectivity index (χ0) is 16.2. The number of carbonyl (C=O) groups excluding carboxylic acids is 1. The van der Waals surface area contributed by atoms with E-state index in [0.29, 0.717) is 10.8 Å². The van der Waals surface area contributed by atoms with Gasteiger partial charge in [-0.25, -0.2) is 18.4 Å². The Hall–Kier alpha value is -1.61. The van der Waals surface area contributed by atoms with Crippen LogP contribution in [-0.4, -0.2) is 27.6 Å². The molecule has 6 nitrogen and oxygen atoms in total. The molecule has 2 N–H and O–H groups in total. The minimum atomic E-state index is -3.95. The van der Waals surface area contributed by atoms with E-state index in [2.05, 4.69) is 0 Å². The molecule has 1 aromatic heterocycles. The highest BCUT2D eigenvalue weighted by Crippen LogP contribution is 2.21. The van der Waals surface area contributed by atoms with Crippen LogP contribution in [0.2, 0.25) is 5.02 Å². The summed E-state index contributed by atoms with van der Waals surface area (Å²) < 4.78 is 32.9. The molecule has 22 heavy (non-hydrogen) atoms. The second kappa shape index (κ2) is 7.10. The lowest BCUT2D eigenvalue weighted by Gasteiger charge is -2.07. The Kier molecular flexibility index (Phi) is 5.41. The van der Waals surface area contributed by atoms with Gasteiger partial charge in [0, 0.05) is 5.02 Å². The SMILES string of the molecule is NS(=O)(=O)c1ccsc1C(=O)OCCOc1cccc(Cl)c1. The van der Waals surface area contributed by atoms with Gasteiger partial charge in [-0.15, -0.1) is 11.3 Å². The van der Waals surface area contributed by atoms with Crippen molar-refractivity contribution in [2.75, 3.05) is 13.2 Å². The third kappa shape index (κ3) is 4.44. The first-order chi connectivity index (χ1) is 10.4. The molecular formula is C13H12ClNO5S2. The van der Waals surface area contributed by atoms with E-state index in [1.54, 1.807) is 24.3 Å². The maximum Gasteiger partial charge on any atom is 0.349 e. The van der Waals surface area contributed by atoms with Crippen molar-refractivity contribution in [1.29, 1.82) is 0 Å². The number of carbonyl (C=O) groups is 1. The maximum absolute atomic E-state index is 11.8. The van der Waals surface area contributed by atoms with E-state index in [0.717, 1.165) is 11.3 Å². The molecule has 0 aliphatic carbocycles. The van der Waals surface area contributed by atoms with Crippen molar-refractivity contribution >= 4 is 38.9 Å². The molecular weight excluding hydrogens is 350 g/mol. The third-order valence-electron chi connectivity index (χ3n) is 2.50. The van der Waals surface area contributed by atoms with Crippen LogP contribution in [0.4, 0.5) is 0 Å². The summed E-state index contributed by atoms with van der Waals surface area (Å²) in [4.78, 5) is 11.5. The number of hydrogen-bond acceptors (Lipinski definition) is 6. The van der Waals surface area contributed by atoms with Gasteiger partial charge in [0.25, 0.3) is 0 Å². The molecule has 0 saturated heterocycles. The predicted molar refractivity (Wildman–Crippen MR) is 82.9 cm³/mol. The number of benzene rings is 1. The molecule has 0 aliphatic heterocycles. The van der Waals surface area contributed by atoms with Crippen LogP contribution in [0.1, 0.15) is 9.67 Å². The van der Waals surface area contributed by atoms with Gasteiger partial charge in [0.1, 0.15) is 28.7 Å². The zero-order valence-corrected chi connectivity index (χ0v) is 13.6. The second-order valence-corrected chi connectivity index (χ2v) is 6.98. The second-order valence-electron chi connectivity index (χ2n) is 4.10. The van der Waals surface area contributed by atoms with E-state index in [9.17, 15) is 13.2 Å². The average Bonchev–Trinajstić information content (AvgIpc) is 2.93. The standard InChI is InChI=1S/C13H12ClNO5S2/c14-9-2-1-3-10(8-9)19-5-6-20-13(16)12-11(4-7-21-12)22(15,17)18/h1-4,7-8H,5-6H2,(H2,15,17,18). The van der Waals surface area contributed by atoms with Crippen molar-refractivity contribution in [2.45, 2.75) is 4.90 Å². The summed E-state index contributed by atoms with van der Waals surface area (Å²) in [6.45, 7) is 0.0788. The van der Waals surface area contributed by atoms with Gasteiger partial charge in [-0.3, -0.25) is 0 Å². The van der Waals surface area contributed by atoms with Gasteiger partial charge in [-0.1, -0.05) is 17.7 Å². The number of halogens is 1. The van der Waals surface area contributed by atoms with E-state index in [-0.39, 0.29) is 23.0 Å². The van der Waals surface area contributed by atoms with Gasteiger partial charge in [-0.05, 0) is 29.6 Å². The normalized spacial score (nSPS) is 11.2. The topological polar surface area (TPSA) is 95.7 Å². The van der Waals surface area contributed by atoms with Crippen LogP contribution in [0.25, 0.3) is 0 Å². The summed E-state index contributed by atoms with van der Waals surface area (Å²) in [5, 5.41) is 7.01. The highest BCUT2D eigenvalue weighted by Gasteiger charge is 2.21. The molecule has 0 radical (unpaired) electrons. The van der Waals surface area contributed by atoms with Crippen LogP contribution in [-0.2, 0) is 14.8 Å². The fourth-order valence-electron chi connectivity index (χ4n) is 1.59. The van der Waals surface area contributed by atoms with Crippen LogP contribution < -0.4 is 9.88 Å². The molecule has 1 heterocycles. The fourth-order valence-corrected chi connectivity index (χ4v) is 3.62. The summed E-state index contributed by atoms with van der Waals surface area (Å²) in [6.07, 6.45) is 0. The van der Waals surface area contributed by atoms with E-state index in [1.807, 2.05) is 0 Å². The van der Waals surface area contributed by atoms with Crippen molar-refractivity contribution in [3.05, 3.63) is 45.6 Å². The predicted octanol–water partition coefficient (Wildman–Crippen LogP) is 2.28. The highest BCUT2D eigenvalue weighted by atomic mass is 35.5. The Morgan fingerprint density at radius 1 is 1.27 bits per heavy atom. The maximum atomic E-state index is 11.8. The Bertz CT molecular complexity index is 772. The average molecular weight is 362 g/mol. The molecule has 0 amide bonds. The molecule has 9 heteroatoms. The number of ether oxygens (including phenoxy) is 2. The Morgan fingerprint density at radius 2 is 2.05 bits per heavy atom. The summed E-state index contributed by atoms with van der Waals surface area (Å²) in [6, 6.07) is 8.04. The van der Waals surface area contributed by atoms with Crippen molar-refractivity contribution < 1.29 is 22.7 Å². The lowest BCUT2D eigenvalue weighted by molar-refractivity contribution is 0.0452. The lowest BCUT2D eigenvalue weighted by atomic mass is 10.3. The third-order valence-corrected chi connectivity index (χ3v) is 4.71. The Morgan fingerprint density at radius 3 is 2.73 bits per heavy atom. The molecule has 2 rings (SSSR count). The van der Waals surface area contributed by atoms with Crippen LogP contribution in [0, 0.1) is 0 Å². The van der Waals surface area contributed by atoms with Gasteiger partial charge in [0.2, 0.25) is 10.0 Å². The number of esters is 1. The quantitative estimate of drug-likeness (QED) is 0.629. The summed E-state index contributed by atoms with van der Waals surface area (Å²) in [5.74, 6) is -0.210. The van der Waals surface area contributed by atoms with Crippen molar-refractivity contribution in [3.63, 3.8) is 0 Å². The minimum absolute atomic E-state index is 0.0344. The Labute approximate surface area is 136 Å². The van der Waals surface area contributed by atoms with E-state index >= 15 is 0 Å². The van der Waals surface area contributed by atoms with E-state index < -0.39 is 16.0 Å². The number of primary sulfonamides is 1. The molecule has 0 saturated carbocycles. The first-order valence-corrected chi connectivity index (χ1v) is 8.84. The molecule has 0 aliphatic rings. The van der Waals surface area contributed by atoms with Gasteiger partial charge in [0.15, 0.2) is 0 Å². The number of rotatable bonds is 6. The van der Waals surface area contributed by atoms with Gasteiger partial charge in [-0.2, -0.15) is 0 Å². The molecule has 118 valence electrons. The van der Waals surface area contributed by atoms with Crippen LogP contribution >= 0.6 is 22.9 Å². The number of hydrogen-bond donors (Lipinski definition) is 1. The number of thiophene rings is 1. The minimum Gasteiger partial charge on any atom is -0.490 e. The molecule has 0 bridgehead atoms. The summed E-state index contributed by atoms with van der Waals surface area (Å²) in [7, 11) is -3.95. The summed E-state index contributed by atoms with van der Waals surface area (Å²) >= 11 is 6.75. The van der Waals surface area contributed by atoms with Gasteiger partial charge in [0.05, 0.1) is 0 Å². The number of nitrogens with two attached hydrogens (primary N) is 1. The molecule has 0 atom stereocenters. The van der Waals surface area contributed by atoms with Gasteiger partial charge >= 0.3 is 5.97 Å². The zero-order valence-electron chi connectivity index (χ0n) is 11.2. The monoisotopic (exact) mass is 361 g/mol. The van der Waals surface area contributed by atoms with Crippen molar-refractivity contribution in [2.24, 2.45) is 5.14 Å². The fraction of sp³-hybridized carbons (Fsp3) is 0.154. The largest absolute Gasteiger partial charge is 0.490 e. The van der Waals surface area contributed by atoms with Crippen molar-refractivity contribution in [1.82, 2.24) is 0 Å². The first kappa shape index (κ1) is 16.8. The van der Waals surface area contributed by atoms with Gasteiger partial charge < -0.3 is 9.47 Å². The lowest BCUT2D eigenvalue weighted by Crippen LogP contribution is -2.17. The molecule has 1 aromatic carbocycles. The first-order valence-electron chi connectivity index (χ1n) is 6.04. The number of sulfonamides is 1. The van der Waals surface area contributed by atoms with E-state index in [1.165, 1.54) is 11.4 Å². The molecule has 0 spiro atoms. The summed E-state index contributed by atoms with van der Waals surface area (Å²) in [5.41, 5.74) is 0. The van der Waals surface area contributed by atoms with Crippen LogP contribution in [0.5, 0.6) is 5.75 Å². The molecule has 0 unspecified atom stereocenters. The Balaban J connectivity index is 1.88. The molecule has 2 aromatic rings. The van der Waals surface area contributed by atoms with Crippen molar-refractivity contribution in [3.8, 4) is 5.75 Å². The smallest absolute Gasteiger partial charge is 0.349 e. The highest BCUT2D eigenvalue weighted by molar-refractivity contribution is 7.89. The van der Waals surface area contributed by atoms with Crippen LogP contribution in [0.15, 0.2) is 40.6 Å².